The van der Waals surface area contributed by atoms with Crippen LogP contribution in [0.4, 0.5) is 5.69 Å². The monoisotopic (exact) mass is 360 g/mol. The maximum absolute atomic E-state index is 12.3. The first-order chi connectivity index (χ1) is 13.2. The fourth-order valence-corrected chi connectivity index (χ4v) is 2.59. The van der Waals surface area contributed by atoms with E-state index < -0.39 is 0 Å². The van der Waals surface area contributed by atoms with E-state index in [0.29, 0.717) is 29.9 Å². The summed E-state index contributed by atoms with van der Waals surface area (Å²) in [5, 5.41) is 5.72. The number of carbonyl (C=O) groups excluding carboxylic acids is 2. The molecule has 2 aromatic carbocycles. The number of nitrogens with two attached hydrogens (primary N) is 1. The van der Waals surface area contributed by atoms with Crippen molar-refractivity contribution in [2.24, 2.45) is 5.73 Å². The topological polar surface area (TPSA) is 97.1 Å². The predicted octanol–water partition coefficient (Wildman–Crippen LogP) is 2.72. The molecule has 0 unspecified atom stereocenters. The van der Waals surface area contributed by atoms with Crippen LogP contribution in [0.1, 0.15) is 31.8 Å². The molecule has 0 bridgehead atoms. The molecule has 0 radical (unpaired) electrons. The summed E-state index contributed by atoms with van der Waals surface area (Å²) in [6.07, 6.45) is 3.14. The molecule has 6 heteroatoms. The van der Waals surface area contributed by atoms with E-state index in [0.717, 1.165) is 11.1 Å². The zero-order chi connectivity index (χ0) is 19.1. The lowest BCUT2D eigenvalue weighted by atomic mass is 10.1. The van der Waals surface area contributed by atoms with E-state index in [2.05, 4.69) is 15.6 Å². The molecule has 0 fully saturated rings. The Kier molecular flexibility index (Phi) is 5.91. The molecule has 0 spiro atoms. The third-order valence-corrected chi connectivity index (χ3v) is 4.01. The molecule has 2 amide bonds. The highest BCUT2D eigenvalue weighted by Crippen LogP contribution is 2.13. The molecule has 0 aliphatic carbocycles. The molecule has 0 saturated carbocycles. The first-order valence-electron chi connectivity index (χ1n) is 8.53. The van der Waals surface area contributed by atoms with Gasteiger partial charge in [-0.1, -0.05) is 24.3 Å². The van der Waals surface area contributed by atoms with Gasteiger partial charge < -0.3 is 16.4 Å². The normalized spacial score (nSPS) is 10.3. The van der Waals surface area contributed by atoms with Crippen molar-refractivity contribution in [3.8, 4) is 0 Å². The quantitative estimate of drug-likeness (QED) is 0.630. The second-order valence-corrected chi connectivity index (χ2v) is 5.98. The molecule has 1 heterocycles. The minimum atomic E-state index is -0.211. The maximum atomic E-state index is 12.3. The van der Waals surface area contributed by atoms with Gasteiger partial charge >= 0.3 is 0 Å². The van der Waals surface area contributed by atoms with Crippen LogP contribution in [0.2, 0.25) is 0 Å². The van der Waals surface area contributed by atoms with E-state index in [1.807, 2.05) is 30.3 Å². The molecule has 0 aliphatic heterocycles. The van der Waals surface area contributed by atoms with E-state index in [4.69, 9.17) is 5.73 Å². The molecule has 0 atom stereocenters. The van der Waals surface area contributed by atoms with Gasteiger partial charge in [0.25, 0.3) is 11.8 Å². The highest BCUT2D eigenvalue weighted by molar-refractivity contribution is 6.04. The lowest BCUT2D eigenvalue weighted by molar-refractivity contribution is 0.0949. The Balaban J connectivity index is 1.62. The lowest BCUT2D eigenvalue weighted by Crippen LogP contribution is -2.23. The van der Waals surface area contributed by atoms with Crippen LogP contribution >= 0.6 is 0 Å². The number of benzene rings is 2. The van der Waals surface area contributed by atoms with E-state index in [-0.39, 0.29) is 11.8 Å². The summed E-state index contributed by atoms with van der Waals surface area (Å²) >= 11 is 0. The molecule has 0 aliphatic rings. The third-order valence-electron chi connectivity index (χ3n) is 4.01. The number of nitrogens with zero attached hydrogens (tertiary/aromatic N) is 1. The Hall–Kier alpha value is -3.51. The third kappa shape index (κ3) is 4.99. The van der Waals surface area contributed by atoms with Crippen molar-refractivity contribution in [2.45, 2.75) is 13.1 Å². The summed E-state index contributed by atoms with van der Waals surface area (Å²) in [4.78, 5) is 28.4. The average molecular weight is 360 g/mol. The van der Waals surface area contributed by atoms with Gasteiger partial charge in [-0.3, -0.25) is 14.6 Å². The minimum Gasteiger partial charge on any atom is -0.348 e. The van der Waals surface area contributed by atoms with Gasteiger partial charge in [0.15, 0.2) is 0 Å². The van der Waals surface area contributed by atoms with Crippen LogP contribution in [0.5, 0.6) is 0 Å². The molecule has 6 nitrogen and oxygen atoms in total. The van der Waals surface area contributed by atoms with Gasteiger partial charge in [-0.05, 0) is 47.5 Å². The summed E-state index contributed by atoms with van der Waals surface area (Å²) in [5.41, 5.74) is 9.16. The highest BCUT2D eigenvalue weighted by Gasteiger charge is 2.08. The molecule has 0 saturated heterocycles. The molecule has 3 rings (SSSR count). The lowest BCUT2D eigenvalue weighted by Gasteiger charge is -2.09. The number of aromatic nitrogens is 1. The molecule has 4 N–H and O–H groups in total. The SMILES string of the molecule is NCc1cccc(C(=O)NCc2cccc(NC(=O)c3ccncc3)c2)c1. The molecule has 27 heavy (non-hydrogen) atoms. The summed E-state index contributed by atoms with van der Waals surface area (Å²) in [7, 11) is 0. The standard InChI is InChI=1S/C21H20N4O2/c22-13-15-3-1-5-18(11-15)20(26)24-14-16-4-2-6-19(12-16)25-21(27)17-7-9-23-10-8-17/h1-12H,13-14,22H2,(H,24,26)(H,25,27). The number of nitrogens with one attached hydrogen (secondary N) is 2. The Labute approximate surface area is 157 Å². The van der Waals surface area contributed by atoms with Gasteiger partial charge in [0.2, 0.25) is 0 Å². The van der Waals surface area contributed by atoms with Crippen LogP contribution in [-0.2, 0) is 13.1 Å². The van der Waals surface area contributed by atoms with Gasteiger partial charge in [-0.15, -0.1) is 0 Å². The van der Waals surface area contributed by atoms with Gasteiger partial charge in [-0.25, -0.2) is 0 Å². The van der Waals surface area contributed by atoms with Crippen LogP contribution in [0.15, 0.2) is 73.1 Å². The number of pyridine rings is 1. The van der Waals surface area contributed by atoms with Gasteiger partial charge in [0.1, 0.15) is 0 Å². The Morgan fingerprint density at radius 2 is 1.59 bits per heavy atom. The molecular formula is C21H20N4O2. The van der Waals surface area contributed by atoms with Crippen LogP contribution in [-0.4, -0.2) is 16.8 Å². The number of carbonyl (C=O) groups is 2. The van der Waals surface area contributed by atoms with Gasteiger partial charge in [-0.2, -0.15) is 0 Å². The van der Waals surface area contributed by atoms with Crippen LogP contribution in [0.3, 0.4) is 0 Å². The number of rotatable bonds is 6. The fraction of sp³-hybridized carbons (Fsp3) is 0.0952. The second-order valence-electron chi connectivity index (χ2n) is 5.98. The Bertz CT molecular complexity index is 942. The first-order valence-corrected chi connectivity index (χ1v) is 8.53. The first kappa shape index (κ1) is 18.3. The number of hydrogen-bond donors (Lipinski definition) is 3. The smallest absolute Gasteiger partial charge is 0.255 e. The molecule has 136 valence electrons. The largest absolute Gasteiger partial charge is 0.348 e. The van der Waals surface area contributed by atoms with E-state index in [1.54, 1.807) is 42.7 Å². The summed E-state index contributed by atoms with van der Waals surface area (Å²) < 4.78 is 0. The number of amides is 2. The summed E-state index contributed by atoms with van der Waals surface area (Å²) in [6.45, 7) is 0.741. The van der Waals surface area contributed by atoms with Gasteiger partial charge in [0.05, 0.1) is 0 Å². The second kappa shape index (κ2) is 8.73. The van der Waals surface area contributed by atoms with E-state index >= 15 is 0 Å². The van der Waals surface area contributed by atoms with E-state index in [9.17, 15) is 9.59 Å². The van der Waals surface area contributed by atoms with Crippen molar-refractivity contribution >= 4 is 17.5 Å². The zero-order valence-corrected chi connectivity index (χ0v) is 14.7. The van der Waals surface area contributed by atoms with Crippen molar-refractivity contribution in [1.29, 1.82) is 0 Å². The number of hydrogen-bond acceptors (Lipinski definition) is 4. The van der Waals surface area contributed by atoms with Crippen molar-refractivity contribution in [3.05, 3.63) is 95.3 Å². The van der Waals surface area contributed by atoms with Crippen molar-refractivity contribution in [3.63, 3.8) is 0 Å². The van der Waals surface area contributed by atoms with Crippen molar-refractivity contribution < 1.29 is 9.59 Å². The summed E-state index contributed by atoms with van der Waals surface area (Å²) in [5.74, 6) is -0.381. The van der Waals surface area contributed by atoms with Crippen molar-refractivity contribution in [1.82, 2.24) is 10.3 Å². The van der Waals surface area contributed by atoms with Crippen molar-refractivity contribution in [2.75, 3.05) is 5.32 Å². The van der Waals surface area contributed by atoms with Crippen LogP contribution < -0.4 is 16.4 Å². The Morgan fingerprint density at radius 3 is 2.37 bits per heavy atom. The average Bonchev–Trinajstić information content (AvgIpc) is 2.73. The van der Waals surface area contributed by atoms with Gasteiger partial charge in [0, 0.05) is 42.3 Å². The maximum Gasteiger partial charge on any atom is 0.255 e. The predicted molar refractivity (Wildman–Crippen MR) is 104 cm³/mol. The Morgan fingerprint density at radius 1 is 0.852 bits per heavy atom. The van der Waals surface area contributed by atoms with Crippen LogP contribution in [0, 0.1) is 0 Å². The number of anilines is 1. The van der Waals surface area contributed by atoms with E-state index in [1.165, 1.54) is 0 Å². The van der Waals surface area contributed by atoms with Crippen LogP contribution in [0.25, 0.3) is 0 Å². The molecule has 3 aromatic rings. The minimum absolute atomic E-state index is 0.170. The molecular weight excluding hydrogens is 340 g/mol. The zero-order valence-electron chi connectivity index (χ0n) is 14.7. The molecule has 1 aromatic heterocycles. The summed E-state index contributed by atoms with van der Waals surface area (Å²) in [6, 6.07) is 17.9. The fourth-order valence-electron chi connectivity index (χ4n) is 2.59. The highest BCUT2D eigenvalue weighted by atomic mass is 16.2.